The molecule has 0 aliphatic carbocycles. The zero-order chi connectivity index (χ0) is 16.1. The van der Waals surface area contributed by atoms with E-state index in [4.69, 9.17) is 11.6 Å². The molecule has 3 rings (SSSR count). The van der Waals surface area contributed by atoms with Gasteiger partial charge in [0, 0.05) is 10.7 Å². The monoisotopic (exact) mass is 321 g/mol. The first-order chi connectivity index (χ1) is 11.2. The first-order valence-electron chi connectivity index (χ1n) is 7.40. The molecule has 1 N–H and O–H groups in total. The van der Waals surface area contributed by atoms with Crippen LogP contribution in [0.4, 0.5) is 5.69 Å². The molecule has 23 heavy (non-hydrogen) atoms. The van der Waals surface area contributed by atoms with Crippen molar-refractivity contribution in [2.45, 2.75) is 6.42 Å². The van der Waals surface area contributed by atoms with Crippen LogP contribution in [0.2, 0.25) is 5.02 Å². The average molecular weight is 322 g/mol. The Kier molecular flexibility index (Phi) is 4.74. The number of rotatable bonds is 4. The maximum Gasteiger partial charge on any atom is 0.228 e. The zero-order valence-corrected chi connectivity index (χ0v) is 13.3. The molecule has 3 heteroatoms. The van der Waals surface area contributed by atoms with Gasteiger partial charge < -0.3 is 5.32 Å². The molecule has 2 nitrogen and oxygen atoms in total. The normalized spacial score (nSPS) is 10.3. The van der Waals surface area contributed by atoms with E-state index in [1.165, 1.54) is 0 Å². The summed E-state index contributed by atoms with van der Waals surface area (Å²) in [6.07, 6.45) is 0.331. The van der Waals surface area contributed by atoms with E-state index in [-0.39, 0.29) is 5.91 Å². The molecule has 0 atom stereocenters. The van der Waals surface area contributed by atoms with Gasteiger partial charge in [-0.3, -0.25) is 4.79 Å². The van der Waals surface area contributed by atoms with Gasteiger partial charge >= 0.3 is 0 Å². The third-order valence-electron chi connectivity index (χ3n) is 3.55. The van der Waals surface area contributed by atoms with Gasteiger partial charge in [0.25, 0.3) is 0 Å². The van der Waals surface area contributed by atoms with E-state index in [1.807, 2.05) is 54.6 Å². The lowest BCUT2D eigenvalue weighted by Crippen LogP contribution is -2.14. The lowest BCUT2D eigenvalue weighted by atomic mass is 10.1. The van der Waals surface area contributed by atoms with Gasteiger partial charge in [-0.2, -0.15) is 0 Å². The summed E-state index contributed by atoms with van der Waals surface area (Å²) in [6.45, 7) is 0. The van der Waals surface area contributed by atoms with Crippen LogP contribution in [0, 0.1) is 0 Å². The number of carbonyl (C=O) groups excluding carboxylic acids is 1. The average Bonchev–Trinajstić information content (AvgIpc) is 2.58. The second-order valence-electron chi connectivity index (χ2n) is 5.29. The fourth-order valence-corrected chi connectivity index (χ4v) is 2.50. The van der Waals surface area contributed by atoms with Crippen molar-refractivity contribution in [3.63, 3.8) is 0 Å². The number of hydrogen-bond donors (Lipinski definition) is 1. The Morgan fingerprint density at radius 3 is 2.04 bits per heavy atom. The van der Waals surface area contributed by atoms with Crippen molar-refractivity contribution in [3.8, 4) is 11.1 Å². The molecule has 0 saturated heterocycles. The van der Waals surface area contributed by atoms with Crippen LogP contribution in [-0.2, 0) is 11.2 Å². The summed E-state index contributed by atoms with van der Waals surface area (Å²) >= 11 is 5.84. The van der Waals surface area contributed by atoms with E-state index in [2.05, 4.69) is 17.4 Å². The molecule has 0 fully saturated rings. The Morgan fingerprint density at radius 1 is 0.783 bits per heavy atom. The molecular formula is C20H16ClNO. The molecule has 0 aliphatic rings. The molecule has 0 aliphatic heterocycles. The number of halogens is 1. The standard InChI is InChI=1S/C20H16ClNO/c21-18-10-6-15(7-11-18)14-20(23)22-19-12-8-17(9-13-19)16-4-2-1-3-5-16/h1-13H,14H2,(H,22,23). The predicted molar refractivity (Wildman–Crippen MR) is 95.7 cm³/mol. The SMILES string of the molecule is O=C(Cc1ccc(Cl)cc1)Nc1ccc(-c2ccccc2)cc1. The van der Waals surface area contributed by atoms with Crippen LogP contribution in [0.1, 0.15) is 5.56 Å². The number of benzene rings is 3. The number of amides is 1. The van der Waals surface area contributed by atoms with Crippen LogP contribution in [0.3, 0.4) is 0 Å². The van der Waals surface area contributed by atoms with E-state index in [9.17, 15) is 4.79 Å². The van der Waals surface area contributed by atoms with Gasteiger partial charge in [0.1, 0.15) is 0 Å². The second-order valence-corrected chi connectivity index (χ2v) is 5.73. The highest BCUT2D eigenvalue weighted by Crippen LogP contribution is 2.21. The van der Waals surface area contributed by atoms with Gasteiger partial charge in [0.05, 0.1) is 6.42 Å². The maximum atomic E-state index is 12.1. The van der Waals surface area contributed by atoms with Crippen molar-refractivity contribution in [1.82, 2.24) is 0 Å². The van der Waals surface area contributed by atoms with Gasteiger partial charge in [-0.25, -0.2) is 0 Å². The van der Waals surface area contributed by atoms with Gasteiger partial charge in [-0.1, -0.05) is 66.2 Å². The topological polar surface area (TPSA) is 29.1 Å². The van der Waals surface area contributed by atoms with E-state index in [1.54, 1.807) is 12.1 Å². The Labute approximate surface area is 140 Å². The first-order valence-corrected chi connectivity index (χ1v) is 7.78. The van der Waals surface area contributed by atoms with Gasteiger partial charge in [0.2, 0.25) is 5.91 Å². The largest absolute Gasteiger partial charge is 0.326 e. The fourth-order valence-electron chi connectivity index (χ4n) is 2.37. The molecular weight excluding hydrogens is 306 g/mol. The van der Waals surface area contributed by atoms with Crippen molar-refractivity contribution in [2.75, 3.05) is 5.32 Å². The summed E-state index contributed by atoms with van der Waals surface area (Å²) in [6, 6.07) is 25.3. The summed E-state index contributed by atoms with van der Waals surface area (Å²) in [7, 11) is 0. The number of carbonyl (C=O) groups is 1. The molecule has 0 radical (unpaired) electrons. The summed E-state index contributed by atoms with van der Waals surface area (Å²) in [5.41, 5.74) is 4.02. The van der Waals surface area contributed by atoms with E-state index in [0.29, 0.717) is 11.4 Å². The molecule has 1 amide bonds. The van der Waals surface area contributed by atoms with Crippen molar-refractivity contribution < 1.29 is 4.79 Å². The van der Waals surface area contributed by atoms with Crippen LogP contribution in [0.15, 0.2) is 78.9 Å². The Morgan fingerprint density at radius 2 is 1.39 bits per heavy atom. The highest BCUT2D eigenvalue weighted by molar-refractivity contribution is 6.30. The lowest BCUT2D eigenvalue weighted by Gasteiger charge is -2.07. The van der Waals surface area contributed by atoms with Gasteiger partial charge in [0.15, 0.2) is 0 Å². The Balaban J connectivity index is 1.64. The Bertz CT molecular complexity index is 780. The van der Waals surface area contributed by atoms with Crippen molar-refractivity contribution >= 4 is 23.2 Å². The minimum atomic E-state index is -0.0419. The van der Waals surface area contributed by atoms with E-state index < -0.39 is 0 Å². The third-order valence-corrected chi connectivity index (χ3v) is 3.81. The summed E-state index contributed by atoms with van der Waals surface area (Å²) in [4.78, 5) is 12.1. The molecule has 3 aromatic carbocycles. The van der Waals surface area contributed by atoms with E-state index >= 15 is 0 Å². The second kappa shape index (κ2) is 7.12. The molecule has 0 spiro atoms. The van der Waals surface area contributed by atoms with E-state index in [0.717, 1.165) is 22.4 Å². The van der Waals surface area contributed by atoms with Crippen LogP contribution in [0.5, 0.6) is 0 Å². The molecule has 114 valence electrons. The molecule has 0 aromatic heterocycles. The van der Waals surface area contributed by atoms with Crippen molar-refractivity contribution in [1.29, 1.82) is 0 Å². The maximum absolute atomic E-state index is 12.1. The van der Waals surface area contributed by atoms with Crippen LogP contribution < -0.4 is 5.32 Å². The minimum Gasteiger partial charge on any atom is -0.326 e. The number of hydrogen-bond acceptors (Lipinski definition) is 1. The molecule has 0 heterocycles. The fraction of sp³-hybridized carbons (Fsp3) is 0.0500. The summed E-state index contributed by atoms with van der Waals surface area (Å²) in [5.74, 6) is -0.0419. The van der Waals surface area contributed by atoms with Crippen LogP contribution >= 0.6 is 11.6 Å². The lowest BCUT2D eigenvalue weighted by molar-refractivity contribution is -0.115. The zero-order valence-electron chi connectivity index (χ0n) is 12.5. The van der Waals surface area contributed by atoms with Crippen LogP contribution in [-0.4, -0.2) is 5.91 Å². The summed E-state index contributed by atoms with van der Waals surface area (Å²) in [5, 5.41) is 3.58. The molecule has 0 bridgehead atoms. The highest BCUT2D eigenvalue weighted by Gasteiger charge is 2.05. The minimum absolute atomic E-state index is 0.0419. The molecule has 0 unspecified atom stereocenters. The predicted octanol–water partition coefficient (Wildman–Crippen LogP) is 5.19. The molecule has 3 aromatic rings. The van der Waals surface area contributed by atoms with Crippen molar-refractivity contribution in [2.24, 2.45) is 0 Å². The number of anilines is 1. The summed E-state index contributed by atoms with van der Waals surface area (Å²) < 4.78 is 0. The van der Waals surface area contributed by atoms with Crippen LogP contribution in [0.25, 0.3) is 11.1 Å². The molecule has 0 saturated carbocycles. The smallest absolute Gasteiger partial charge is 0.228 e. The Hall–Kier alpha value is -2.58. The number of nitrogens with one attached hydrogen (secondary N) is 1. The first kappa shape index (κ1) is 15.3. The highest BCUT2D eigenvalue weighted by atomic mass is 35.5. The third kappa shape index (κ3) is 4.21. The quantitative estimate of drug-likeness (QED) is 0.704. The van der Waals surface area contributed by atoms with Crippen molar-refractivity contribution in [3.05, 3.63) is 89.4 Å². The van der Waals surface area contributed by atoms with Gasteiger partial charge in [-0.05, 0) is 41.0 Å². The van der Waals surface area contributed by atoms with Gasteiger partial charge in [-0.15, -0.1) is 0 Å².